The molecule has 0 amide bonds. The predicted octanol–water partition coefficient (Wildman–Crippen LogP) is 1.90. The molecule has 1 fully saturated rings. The van der Waals surface area contributed by atoms with Gasteiger partial charge in [0.1, 0.15) is 13.2 Å². The largest absolute Gasteiger partial charge is 0.486 e. The van der Waals surface area contributed by atoms with Crippen LogP contribution in [0.3, 0.4) is 0 Å². The van der Waals surface area contributed by atoms with E-state index in [9.17, 15) is 0 Å². The second-order valence-corrected chi connectivity index (χ2v) is 5.75. The highest BCUT2D eigenvalue weighted by atomic mass is 16.6. The second kappa shape index (κ2) is 4.69. The van der Waals surface area contributed by atoms with E-state index in [2.05, 4.69) is 6.92 Å². The Morgan fingerprint density at radius 1 is 1.21 bits per heavy atom. The Hall–Kier alpha value is -1.26. The van der Waals surface area contributed by atoms with Gasteiger partial charge in [-0.2, -0.15) is 0 Å². The third-order valence-corrected chi connectivity index (χ3v) is 4.68. The molecule has 0 aromatic heterocycles. The lowest BCUT2D eigenvalue weighted by molar-refractivity contribution is 0.104. The van der Waals surface area contributed by atoms with E-state index in [0.29, 0.717) is 19.8 Å². The average Bonchev–Trinajstić information content (AvgIpc) is 2.37. The van der Waals surface area contributed by atoms with E-state index in [0.717, 1.165) is 35.5 Å². The number of fused-ring (bicyclic) bond motifs is 1. The molecule has 0 saturated heterocycles. The molecule has 1 saturated carbocycles. The number of rotatable bonds is 3. The Labute approximate surface area is 114 Å². The van der Waals surface area contributed by atoms with Gasteiger partial charge in [0.15, 0.2) is 11.5 Å². The molecule has 19 heavy (non-hydrogen) atoms. The van der Waals surface area contributed by atoms with Crippen LogP contribution in [0.2, 0.25) is 0 Å². The average molecular weight is 262 g/mol. The molecular weight excluding hydrogens is 240 g/mol. The van der Waals surface area contributed by atoms with Gasteiger partial charge in [0, 0.05) is 11.5 Å². The van der Waals surface area contributed by atoms with Crippen molar-refractivity contribution in [1.82, 2.24) is 0 Å². The molecule has 0 bridgehead atoms. The van der Waals surface area contributed by atoms with E-state index >= 15 is 0 Å². The predicted molar refractivity (Wildman–Crippen MR) is 74.4 cm³/mol. The highest BCUT2D eigenvalue weighted by Gasteiger charge is 2.42. The van der Waals surface area contributed by atoms with Crippen molar-refractivity contribution in [2.75, 3.05) is 19.8 Å². The van der Waals surface area contributed by atoms with Gasteiger partial charge in [0.05, 0.1) is 0 Å². The first-order chi connectivity index (χ1) is 9.16. The second-order valence-electron chi connectivity index (χ2n) is 5.75. The minimum Gasteiger partial charge on any atom is -0.486 e. The summed E-state index contributed by atoms with van der Waals surface area (Å²) in [5.41, 5.74) is 14.9. The first-order valence-corrected chi connectivity index (χ1v) is 7.02. The summed E-state index contributed by atoms with van der Waals surface area (Å²) in [5.74, 6) is 1.64. The van der Waals surface area contributed by atoms with Crippen LogP contribution in [0.5, 0.6) is 11.5 Å². The van der Waals surface area contributed by atoms with E-state index < -0.39 is 0 Å². The molecule has 1 aliphatic heterocycles. The number of hydrogen-bond donors (Lipinski definition) is 2. The molecule has 1 atom stereocenters. The minimum atomic E-state index is -0.0120. The molecule has 4 heteroatoms. The molecule has 1 heterocycles. The maximum Gasteiger partial charge on any atom is 0.161 e. The molecule has 1 aromatic carbocycles. The van der Waals surface area contributed by atoms with Crippen molar-refractivity contribution in [3.05, 3.63) is 23.3 Å². The topological polar surface area (TPSA) is 70.5 Å². The highest BCUT2D eigenvalue weighted by molar-refractivity contribution is 5.49. The van der Waals surface area contributed by atoms with Crippen LogP contribution in [0.25, 0.3) is 0 Å². The van der Waals surface area contributed by atoms with Gasteiger partial charge in [-0.1, -0.05) is 6.42 Å². The Kier molecular flexibility index (Phi) is 3.15. The van der Waals surface area contributed by atoms with Crippen molar-refractivity contribution < 1.29 is 9.47 Å². The molecule has 3 rings (SSSR count). The van der Waals surface area contributed by atoms with E-state index in [1.54, 1.807) is 0 Å². The van der Waals surface area contributed by atoms with Gasteiger partial charge >= 0.3 is 0 Å². The molecule has 4 N–H and O–H groups in total. The molecule has 1 aliphatic carbocycles. The molecule has 0 spiro atoms. The summed E-state index contributed by atoms with van der Waals surface area (Å²) < 4.78 is 11.3. The van der Waals surface area contributed by atoms with E-state index in [4.69, 9.17) is 20.9 Å². The van der Waals surface area contributed by atoms with Gasteiger partial charge in [0.25, 0.3) is 0 Å². The first-order valence-electron chi connectivity index (χ1n) is 7.02. The standard InChI is InChI=1S/C15H22N2O2/c1-10-7-12-13(19-6-5-18-12)8-11(10)14(17)15(9-16)3-2-4-15/h7-8,14H,2-6,9,16-17H2,1H3. The molecule has 1 aromatic rings. The third-order valence-electron chi connectivity index (χ3n) is 4.68. The number of nitrogens with two attached hydrogens (primary N) is 2. The molecule has 2 aliphatic rings. The van der Waals surface area contributed by atoms with Crippen LogP contribution >= 0.6 is 0 Å². The normalized spacial score (nSPS) is 21.6. The third kappa shape index (κ3) is 1.99. The fraction of sp³-hybridized carbons (Fsp3) is 0.600. The van der Waals surface area contributed by atoms with Crippen LogP contribution in [0.4, 0.5) is 0 Å². The van der Waals surface area contributed by atoms with Gasteiger partial charge in [-0.3, -0.25) is 0 Å². The lowest BCUT2D eigenvalue weighted by Gasteiger charge is -2.46. The van der Waals surface area contributed by atoms with Crippen molar-refractivity contribution >= 4 is 0 Å². The molecule has 4 nitrogen and oxygen atoms in total. The monoisotopic (exact) mass is 262 g/mol. The lowest BCUT2D eigenvalue weighted by Crippen LogP contribution is -2.46. The zero-order valence-corrected chi connectivity index (χ0v) is 11.4. The van der Waals surface area contributed by atoms with Crippen molar-refractivity contribution in [3.63, 3.8) is 0 Å². The summed E-state index contributed by atoms with van der Waals surface area (Å²) in [7, 11) is 0. The fourth-order valence-electron chi connectivity index (χ4n) is 3.14. The van der Waals surface area contributed by atoms with Crippen LogP contribution in [0.15, 0.2) is 12.1 Å². The Balaban J connectivity index is 1.96. The zero-order valence-electron chi connectivity index (χ0n) is 11.4. The van der Waals surface area contributed by atoms with Crippen LogP contribution in [0, 0.1) is 12.3 Å². The van der Waals surface area contributed by atoms with Crippen LogP contribution in [0.1, 0.15) is 36.4 Å². The van der Waals surface area contributed by atoms with Gasteiger partial charge in [0.2, 0.25) is 0 Å². The van der Waals surface area contributed by atoms with Crippen molar-refractivity contribution in [3.8, 4) is 11.5 Å². The van der Waals surface area contributed by atoms with E-state index in [1.807, 2.05) is 12.1 Å². The summed E-state index contributed by atoms with van der Waals surface area (Å²) >= 11 is 0. The van der Waals surface area contributed by atoms with Gasteiger partial charge in [-0.25, -0.2) is 0 Å². The SMILES string of the molecule is Cc1cc2c(cc1C(N)C1(CN)CCC1)OCCO2. The maximum atomic E-state index is 6.50. The summed E-state index contributed by atoms with van der Waals surface area (Å²) in [4.78, 5) is 0. The zero-order chi connectivity index (χ0) is 13.5. The van der Waals surface area contributed by atoms with Gasteiger partial charge < -0.3 is 20.9 Å². The maximum absolute atomic E-state index is 6.50. The van der Waals surface area contributed by atoms with Crippen molar-refractivity contribution in [2.45, 2.75) is 32.2 Å². The lowest BCUT2D eigenvalue weighted by atomic mass is 9.62. The van der Waals surface area contributed by atoms with Gasteiger partial charge in [-0.05, 0) is 49.6 Å². The first kappa shape index (κ1) is 12.8. The number of benzene rings is 1. The molecule has 1 unspecified atom stereocenters. The molecular formula is C15H22N2O2. The Morgan fingerprint density at radius 3 is 2.37 bits per heavy atom. The highest BCUT2D eigenvalue weighted by Crippen LogP contribution is 2.50. The summed E-state index contributed by atoms with van der Waals surface area (Å²) in [6.07, 6.45) is 3.48. The van der Waals surface area contributed by atoms with Crippen LogP contribution < -0.4 is 20.9 Å². The van der Waals surface area contributed by atoms with E-state index in [1.165, 1.54) is 6.42 Å². The summed E-state index contributed by atoms with van der Waals surface area (Å²) in [5, 5.41) is 0. The van der Waals surface area contributed by atoms with Crippen molar-refractivity contribution in [2.24, 2.45) is 16.9 Å². The molecule has 104 valence electrons. The number of hydrogen-bond acceptors (Lipinski definition) is 4. The summed E-state index contributed by atoms with van der Waals surface area (Å²) in [6, 6.07) is 4.07. The van der Waals surface area contributed by atoms with Crippen molar-refractivity contribution in [1.29, 1.82) is 0 Å². The van der Waals surface area contributed by atoms with E-state index in [-0.39, 0.29) is 11.5 Å². The van der Waals surface area contributed by atoms with Crippen LogP contribution in [-0.2, 0) is 0 Å². The quantitative estimate of drug-likeness (QED) is 0.872. The van der Waals surface area contributed by atoms with Crippen LogP contribution in [-0.4, -0.2) is 19.8 Å². The fourth-order valence-corrected chi connectivity index (χ4v) is 3.14. The number of aryl methyl sites for hydroxylation is 1. The number of ether oxygens (including phenoxy) is 2. The van der Waals surface area contributed by atoms with Gasteiger partial charge in [-0.15, -0.1) is 0 Å². The molecule has 0 radical (unpaired) electrons. The minimum absolute atomic E-state index is 0.0120. The summed E-state index contributed by atoms with van der Waals surface area (Å²) in [6.45, 7) is 3.95. The smallest absolute Gasteiger partial charge is 0.161 e. The Morgan fingerprint density at radius 2 is 1.84 bits per heavy atom. The Bertz CT molecular complexity index is 478.